The van der Waals surface area contributed by atoms with Gasteiger partial charge in [-0.2, -0.15) is 0 Å². The molecule has 2 atom stereocenters. The zero-order chi connectivity index (χ0) is 12.2. The summed E-state index contributed by atoms with van der Waals surface area (Å²) in [5.41, 5.74) is 0. The lowest BCUT2D eigenvalue weighted by molar-refractivity contribution is -0.122. The first-order chi connectivity index (χ1) is 7.38. The minimum absolute atomic E-state index is 0.292. The fourth-order valence-corrected chi connectivity index (χ4v) is 2.43. The van der Waals surface area contributed by atoms with Crippen LogP contribution in [0.25, 0.3) is 0 Å². The summed E-state index contributed by atoms with van der Waals surface area (Å²) in [4.78, 5) is 11.5. The Morgan fingerprint density at radius 3 is 2.75 bits per heavy atom. The fraction of sp³-hybridized carbons (Fsp3) is 0.889. The lowest BCUT2D eigenvalue weighted by atomic mass is 10.2. The van der Waals surface area contributed by atoms with E-state index in [1.807, 2.05) is 0 Å². The van der Waals surface area contributed by atoms with Crippen molar-refractivity contribution in [1.29, 1.82) is 0 Å². The van der Waals surface area contributed by atoms with Crippen molar-refractivity contribution < 1.29 is 13.2 Å². The van der Waals surface area contributed by atoms with E-state index in [-0.39, 0.29) is 5.91 Å². The van der Waals surface area contributed by atoms with Crippen molar-refractivity contribution in [3.63, 3.8) is 0 Å². The molecule has 6 nitrogen and oxygen atoms in total. The van der Waals surface area contributed by atoms with Crippen molar-refractivity contribution in [2.75, 3.05) is 19.3 Å². The maximum Gasteiger partial charge on any atom is 0.237 e. The Labute approximate surface area is 96.2 Å². The third-order valence-electron chi connectivity index (χ3n) is 2.47. The molecule has 0 aromatic heterocycles. The molecule has 94 valence electrons. The molecular formula is C9H19N3O3S. The zero-order valence-corrected chi connectivity index (χ0v) is 10.4. The van der Waals surface area contributed by atoms with E-state index in [1.54, 1.807) is 0 Å². The van der Waals surface area contributed by atoms with E-state index in [1.165, 1.54) is 6.92 Å². The van der Waals surface area contributed by atoms with E-state index in [4.69, 9.17) is 0 Å². The number of rotatable bonds is 5. The molecule has 1 rings (SSSR count). The zero-order valence-electron chi connectivity index (χ0n) is 9.62. The second-order valence-corrected chi connectivity index (χ2v) is 5.93. The van der Waals surface area contributed by atoms with Gasteiger partial charge in [-0.25, -0.2) is 13.1 Å². The van der Waals surface area contributed by atoms with Gasteiger partial charge in [0.1, 0.15) is 0 Å². The van der Waals surface area contributed by atoms with Crippen molar-refractivity contribution in [2.24, 2.45) is 0 Å². The molecule has 0 spiro atoms. The molecule has 1 fully saturated rings. The number of hydrogen-bond donors (Lipinski definition) is 3. The van der Waals surface area contributed by atoms with Crippen LogP contribution < -0.4 is 15.4 Å². The number of sulfonamides is 1. The van der Waals surface area contributed by atoms with Gasteiger partial charge in [0, 0.05) is 12.6 Å². The molecule has 1 amide bonds. The highest BCUT2D eigenvalue weighted by atomic mass is 32.2. The Hall–Kier alpha value is -0.660. The van der Waals surface area contributed by atoms with E-state index in [0.717, 1.165) is 25.6 Å². The first kappa shape index (κ1) is 13.4. The van der Waals surface area contributed by atoms with Crippen LogP contribution in [0.15, 0.2) is 0 Å². The fourth-order valence-electron chi connectivity index (χ4n) is 1.68. The van der Waals surface area contributed by atoms with Crippen LogP contribution in [0.1, 0.15) is 19.8 Å². The maximum absolute atomic E-state index is 11.5. The standard InChI is InChI=1S/C9H19N3O3S/c1-7(12-16(2,14)15)9(13)11-6-8-4-3-5-10-8/h7-8,10,12H,3-6H2,1-2H3,(H,11,13). The number of amides is 1. The van der Waals surface area contributed by atoms with E-state index in [9.17, 15) is 13.2 Å². The summed E-state index contributed by atoms with van der Waals surface area (Å²) in [6, 6.07) is -0.411. The summed E-state index contributed by atoms with van der Waals surface area (Å²) in [5.74, 6) is -0.292. The van der Waals surface area contributed by atoms with Crippen LogP contribution in [0.3, 0.4) is 0 Å². The molecule has 0 aromatic carbocycles. The highest BCUT2D eigenvalue weighted by Crippen LogP contribution is 2.03. The molecule has 16 heavy (non-hydrogen) atoms. The normalized spacial score (nSPS) is 23.0. The topological polar surface area (TPSA) is 87.3 Å². The van der Waals surface area contributed by atoms with Gasteiger partial charge in [-0.05, 0) is 26.3 Å². The molecule has 1 saturated heterocycles. The smallest absolute Gasteiger partial charge is 0.237 e. The first-order valence-corrected chi connectivity index (χ1v) is 7.26. The Morgan fingerprint density at radius 2 is 2.25 bits per heavy atom. The molecule has 1 heterocycles. The number of carbonyl (C=O) groups is 1. The van der Waals surface area contributed by atoms with Gasteiger partial charge >= 0.3 is 0 Å². The predicted octanol–water partition coefficient (Wildman–Crippen LogP) is -1.21. The summed E-state index contributed by atoms with van der Waals surface area (Å²) in [7, 11) is -3.33. The van der Waals surface area contributed by atoms with Gasteiger partial charge in [-0.3, -0.25) is 4.79 Å². The van der Waals surface area contributed by atoms with E-state index in [0.29, 0.717) is 12.6 Å². The second kappa shape index (κ2) is 5.60. The molecule has 1 aliphatic rings. The van der Waals surface area contributed by atoms with E-state index < -0.39 is 16.1 Å². The molecule has 1 aliphatic heterocycles. The third-order valence-corrected chi connectivity index (χ3v) is 3.25. The summed E-state index contributed by atoms with van der Waals surface area (Å²) in [6.07, 6.45) is 3.21. The average Bonchev–Trinajstić information content (AvgIpc) is 2.63. The highest BCUT2D eigenvalue weighted by molar-refractivity contribution is 7.88. The van der Waals surface area contributed by atoms with Gasteiger partial charge in [0.05, 0.1) is 12.3 Å². The number of hydrogen-bond acceptors (Lipinski definition) is 4. The Kier molecular flexibility index (Phi) is 4.69. The second-order valence-electron chi connectivity index (χ2n) is 4.15. The Balaban J connectivity index is 2.28. The van der Waals surface area contributed by atoms with Gasteiger partial charge in [0.15, 0.2) is 0 Å². The number of carbonyl (C=O) groups excluding carboxylic acids is 1. The molecule has 7 heteroatoms. The molecule has 3 N–H and O–H groups in total. The lowest BCUT2D eigenvalue weighted by Gasteiger charge is -2.15. The molecule has 0 saturated carbocycles. The molecule has 0 aromatic rings. The summed E-state index contributed by atoms with van der Waals surface area (Å²) in [5, 5.41) is 5.96. The van der Waals surface area contributed by atoms with Gasteiger partial charge < -0.3 is 10.6 Å². The molecule has 0 aliphatic carbocycles. The largest absolute Gasteiger partial charge is 0.353 e. The number of nitrogens with one attached hydrogen (secondary N) is 3. The summed E-state index contributed by atoms with van der Waals surface area (Å²) < 4.78 is 24.0. The van der Waals surface area contributed by atoms with Crippen LogP contribution >= 0.6 is 0 Å². The monoisotopic (exact) mass is 249 g/mol. The van der Waals surface area contributed by atoms with Crippen LogP contribution in [0.4, 0.5) is 0 Å². The predicted molar refractivity (Wildman–Crippen MR) is 61.5 cm³/mol. The van der Waals surface area contributed by atoms with Crippen LogP contribution in [0.2, 0.25) is 0 Å². The average molecular weight is 249 g/mol. The minimum atomic E-state index is -3.33. The summed E-state index contributed by atoms with van der Waals surface area (Å²) in [6.45, 7) is 3.06. The molecular weight excluding hydrogens is 230 g/mol. The third kappa shape index (κ3) is 4.91. The highest BCUT2D eigenvalue weighted by Gasteiger charge is 2.19. The van der Waals surface area contributed by atoms with Crippen LogP contribution in [0.5, 0.6) is 0 Å². The quantitative estimate of drug-likeness (QED) is 0.571. The van der Waals surface area contributed by atoms with Crippen molar-refractivity contribution >= 4 is 15.9 Å². The van der Waals surface area contributed by atoms with Crippen molar-refractivity contribution in [1.82, 2.24) is 15.4 Å². The van der Waals surface area contributed by atoms with Crippen LogP contribution in [-0.2, 0) is 14.8 Å². The van der Waals surface area contributed by atoms with Gasteiger partial charge in [0.25, 0.3) is 0 Å². The van der Waals surface area contributed by atoms with Gasteiger partial charge in [0.2, 0.25) is 15.9 Å². The lowest BCUT2D eigenvalue weighted by Crippen LogP contribution is -2.47. The van der Waals surface area contributed by atoms with Crippen molar-refractivity contribution in [3.05, 3.63) is 0 Å². The van der Waals surface area contributed by atoms with E-state index in [2.05, 4.69) is 15.4 Å². The maximum atomic E-state index is 11.5. The van der Waals surface area contributed by atoms with E-state index >= 15 is 0 Å². The molecule has 0 bridgehead atoms. The first-order valence-electron chi connectivity index (χ1n) is 5.37. The minimum Gasteiger partial charge on any atom is -0.353 e. The molecule has 0 radical (unpaired) electrons. The SMILES string of the molecule is CC(NS(C)(=O)=O)C(=O)NCC1CCCN1. The van der Waals surface area contributed by atoms with Crippen LogP contribution in [0, 0.1) is 0 Å². The van der Waals surface area contributed by atoms with Gasteiger partial charge in [-0.1, -0.05) is 0 Å². The van der Waals surface area contributed by atoms with Crippen LogP contribution in [-0.4, -0.2) is 45.8 Å². The van der Waals surface area contributed by atoms with Crippen molar-refractivity contribution in [2.45, 2.75) is 31.8 Å². The van der Waals surface area contributed by atoms with Gasteiger partial charge in [-0.15, -0.1) is 0 Å². The summed E-state index contributed by atoms with van der Waals surface area (Å²) >= 11 is 0. The Morgan fingerprint density at radius 1 is 1.56 bits per heavy atom. The molecule has 2 unspecified atom stereocenters. The Bertz CT molecular complexity index is 336. The van der Waals surface area contributed by atoms with Crippen molar-refractivity contribution in [3.8, 4) is 0 Å².